The topological polar surface area (TPSA) is 85.3 Å². The number of hydrogen-bond acceptors (Lipinski definition) is 6. The van der Waals surface area contributed by atoms with Gasteiger partial charge in [-0.1, -0.05) is 38.1 Å². The standard InChI is InChI=1S/C31H33NO6/c1-6-38-24-9-7-8-21(16-24)28-27(29(33)22-12-15-26(37-5)25(17-22)19(2)3)30(34)31(35)32(28)18-20-10-13-23(36-4)14-11-20/h7-17,19,28,33H,6,18H2,1-5H3/b29-27+. The molecular weight excluding hydrogens is 482 g/mol. The van der Waals surface area contributed by atoms with Gasteiger partial charge in [0.25, 0.3) is 11.7 Å². The van der Waals surface area contributed by atoms with Crippen LogP contribution in [0, 0.1) is 0 Å². The number of Topliss-reactive ketones (excluding diaryl/α,β-unsaturated/α-hetero) is 1. The number of likely N-dealkylation sites (tertiary alicyclic amines) is 1. The van der Waals surface area contributed by atoms with E-state index in [9.17, 15) is 14.7 Å². The zero-order valence-electron chi connectivity index (χ0n) is 22.4. The molecule has 1 aliphatic heterocycles. The SMILES string of the molecule is CCOc1cccc(C2/C(=C(\O)c3ccc(OC)c(C(C)C)c3)C(=O)C(=O)N2Cc2ccc(OC)cc2)c1. The molecule has 1 amide bonds. The molecule has 1 aliphatic rings. The van der Waals surface area contributed by atoms with Crippen LogP contribution in [-0.4, -0.2) is 42.5 Å². The van der Waals surface area contributed by atoms with E-state index < -0.39 is 17.7 Å². The van der Waals surface area contributed by atoms with Crippen molar-refractivity contribution in [1.82, 2.24) is 4.90 Å². The van der Waals surface area contributed by atoms with E-state index in [0.717, 1.165) is 11.1 Å². The lowest BCUT2D eigenvalue weighted by Gasteiger charge is -2.26. The molecule has 1 unspecified atom stereocenters. The minimum absolute atomic E-state index is 0.0389. The first-order valence-electron chi connectivity index (χ1n) is 12.6. The van der Waals surface area contributed by atoms with Crippen molar-refractivity contribution in [3.8, 4) is 17.2 Å². The Morgan fingerprint density at radius 2 is 1.68 bits per heavy atom. The zero-order valence-corrected chi connectivity index (χ0v) is 22.4. The molecule has 0 aromatic heterocycles. The Morgan fingerprint density at radius 3 is 2.32 bits per heavy atom. The van der Waals surface area contributed by atoms with Crippen molar-refractivity contribution in [3.05, 3.63) is 94.6 Å². The lowest BCUT2D eigenvalue weighted by molar-refractivity contribution is -0.140. The molecule has 3 aromatic rings. The van der Waals surface area contributed by atoms with E-state index >= 15 is 0 Å². The third-order valence-electron chi connectivity index (χ3n) is 6.66. The maximum Gasteiger partial charge on any atom is 0.295 e. The van der Waals surface area contributed by atoms with E-state index in [1.54, 1.807) is 38.5 Å². The second-order valence-corrected chi connectivity index (χ2v) is 9.39. The molecule has 38 heavy (non-hydrogen) atoms. The average Bonchev–Trinajstić information content (AvgIpc) is 3.18. The number of rotatable bonds is 9. The minimum Gasteiger partial charge on any atom is -0.507 e. The molecule has 1 heterocycles. The molecule has 1 fully saturated rings. The van der Waals surface area contributed by atoms with Crippen molar-refractivity contribution >= 4 is 17.4 Å². The van der Waals surface area contributed by atoms with Gasteiger partial charge in [-0.25, -0.2) is 0 Å². The smallest absolute Gasteiger partial charge is 0.295 e. The number of ketones is 1. The summed E-state index contributed by atoms with van der Waals surface area (Å²) in [6.07, 6.45) is 0. The van der Waals surface area contributed by atoms with Gasteiger partial charge in [0.15, 0.2) is 0 Å². The lowest BCUT2D eigenvalue weighted by Crippen LogP contribution is -2.29. The first-order valence-corrected chi connectivity index (χ1v) is 12.6. The highest BCUT2D eigenvalue weighted by atomic mass is 16.5. The van der Waals surface area contributed by atoms with Crippen LogP contribution in [0.2, 0.25) is 0 Å². The van der Waals surface area contributed by atoms with Gasteiger partial charge in [0.2, 0.25) is 0 Å². The predicted molar refractivity (Wildman–Crippen MR) is 146 cm³/mol. The fourth-order valence-corrected chi connectivity index (χ4v) is 4.75. The van der Waals surface area contributed by atoms with Gasteiger partial charge in [-0.2, -0.15) is 0 Å². The number of carbonyl (C=O) groups is 2. The Hall–Kier alpha value is -4.26. The number of carbonyl (C=O) groups excluding carboxylic acids is 2. The molecule has 7 heteroatoms. The molecule has 0 saturated carbocycles. The van der Waals surface area contributed by atoms with E-state index in [1.807, 2.05) is 63.2 Å². The number of nitrogens with zero attached hydrogens (tertiary/aromatic N) is 1. The second kappa shape index (κ2) is 11.4. The number of aliphatic hydroxyl groups excluding tert-OH is 1. The Morgan fingerprint density at radius 1 is 0.947 bits per heavy atom. The van der Waals surface area contributed by atoms with Crippen LogP contribution in [0.1, 0.15) is 55.0 Å². The fraction of sp³-hybridized carbons (Fsp3) is 0.290. The molecule has 0 bridgehead atoms. The maximum atomic E-state index is 13.5. The normalized spacial score (nSPS) is 16.7. The van der Waals surface area contributed by atoms with Crippen molar-refractivity contribution in [2.45, 2.75) is 39.3 Å². The summed E-state index contributed by atoms with van der Waals surface area (Å²) in [5.41, 5.74) is 2.87. The van der Waals surface area contributed by atoms with Crippen molar-refractivity contribution < 1.29 is 28.9 Å². The van der Waals surface area contributed by atoms with Crippen LogP contribution in [-0.2, 0) is 16.1 Å². The molecule has 0 aliphatic carbocycles. The van der Waals surface area contributed by atoms with Crippen LogP contribution in [0.3, 0.4) is 0 Å². The van der Waals surface area contributed by atoms with Crippen LogP contribution in [0.5, 0.6) is 17.2 Å². The largest absolute Gasteiger partial charge is 0.507 e. The van der Waals surface area contributed by atoms with Gasteiger partial charge in [0, 0.05) is 12.1 Å². The van der Waals surface area contributed by atoms with Gasteiger partial charge in [-0.15, -0.1) is 0 Å². The first-order chi connectivity index (χ1) is 18.3. The van der Waals surface area contributed by atoms with Crippen LogP contribution in [0.4, 0.5) is 0 Å². The van der Waals surface area contributed by atoms with Crippen LogP contribution in [0.25, 0.3) is 5.76 Å². The quantitative estimate of drug-likeness (QED) is 0.219. The Kier molecular flexibility index (Phi) is 8.05. The summed E-state index contributed by atoms with van der Waals surface area (Å²) in [6.45, 7) is 6.58. The Balaban J connectivity index is 1.86. The Bertz CT molecular complexity index is 1360. The maximum absolute atomic E-state index is 13.5. The monoisotopic (exact) mass is 515 g/mol. The van der Waals surface area contributed by atoms with Crippen molar-refractivity contribution in [3.63, 3.8) is 0 Å². The predicted octanol–water partition coefficient (Wildman–Crippen LogP) is 5.85. The molecule has 1 saturated heterocycles. The summed E-state index contributed by atoms with van der Waals surface area (Å²) in [7, 11) is 3.18. The minimum atomic E-state index is -0.804. The van der Waals surface area contributed by atoms with Gasteiger partial charge in [-0.3, -0.25) is 9.59 Å². The zero-order chi connectivity index (χ0) is 27.4. The summed E-state index contributed by atoms with van der Waals surface area (Å²) < 4.78 is 16.4. The first kappa shape index (κ1) is 26.8. The van der Waals surface area contributed by atoms with Gasteiger partial charge < -0.3 is 24.2 Å². The number of amides is 1. The molecule has 4 rings (SSSR count). The molecule has 0 spiro atoms. The number of benzene rings is 3. The summed E-state index contributed by atoms with van der Waals surface area (Å²) in [4.78, 5) is 28.4. The molecule has 1 atom stereocenters. The van der Waals surface area contributed by atoms with Gasteiger partial charge in [0.05, 0.1) is 32.4 Å². The van der Waals surface area contributed by atoms with E-state index in [-0.39, 0.29) is 23.8 Å². The van der Waals surface area contributed by atoms with E-state index in [4.69, 9.17) is 14.2 Å². The summed E-state index contributed by atoms with van der Waals surface area (Å²) in [5.74, 6) is 0.489. The molecule has 1 N–H and O–H groups in total. The lowest BCUT2D eigenvalue weighted by atomic mass is 9.93. The second-order valence-electron chi connectivity index (χ2n) is 9.39. The van der Waals surface area contributed by atoms with Crippen LogP contribution in [0.15, 0.2) is 72.3 Å². The molecule has 198 valence electrons. The van der Waals surface area contributed by atoms with Gasteiger partial charge in [0.1, 0.15) is 23.0 Å². The summed E-state index contributed by atoms with van der Waals surface area (Å²) in [5, 5.41) is 11.5. The number of hydrogen-bond donors (Lipinski definition) is 1. The number of methoxy groups -OCH3 is 2. The fourth-order valence-electron chi connectivity index (χ4n) is 4.75. The van der Waals surface area contributed by atoms with E-state index in [1.165, 1.54) is 4.90 Å². The highest BCUT2D eigenvalue weighted by Gasteiger charge is 2.46. The average molecular weight is 516 g/mol. The summed E-state index contributed by atoms with van der Waals surface area (Å²) in [6, 6.07) is 19.1. The molecule has 0 radical (unpaired) electrons. The third kappa shape index (κ3) is 5.23. The highest BCUT2D eigenvalue weighted by molar-refractivity contribution is 6.46. The van der Waals surface area contributed by atoms with Gasteiger partial charge >= 0.3 is 0 Å². The van der Waals surface area contributed by atoms with E-state index in [0.29, 0.717) is 35.0 Å². The van der Waals surface area contributed by atoms with Crippen LogP contribution >= 0.6 is 0 Å². The molecule has 3 aromatic carbocycles. The van der Waals surface area contributed by atoms with Gasteiger partial charge in [-0.05, 0) is 72.0 Å². The van der Waals surface area contributed by atoms with Crippen LogP contribution < -0.4 is 14.2 Å². The van der Waals surface area contributed by atoms with Crippen molar-refractivity contribution in [2.75, 3.05) is 20.8 Å². The van der Waals surface area contributed by atoms with Crippen molar-refractivity contribution in [2.24, 2.45) is 0 Å². The third-order valence-corrected chi connectivity index (χ3v) is 6.66. The van der Waals surface area contributed by atoms with Crippen molar-refractivity contribution in [1.29, 1.82) is 0 Å². The Labute approximate surface area is 223 Å². The number of ether oxygens (including phenoxy) is 3. The summed E-state index contributed by atoms with van der Waals surface area (Å²) >= 11 is 0. The van der Waals surface area contributed by atoms with E-state index in [2.05, 4.69) is 0 Å². The molecular formula is C31H33NO6. The highest BCUT2D eigenvalue weighted by Crippen LogP contribution is 2.42. The number of aliphatic hydroxyl groups is 1. The molecule has 7 nitrogen and oxygen atoms in total.